The number of aryl methyl sites for hydroxylation is 2. The summed E-state index contributed by atoms with van der Waals surface area (Å²) in [6, 6.07) is 21.2. The highest BCUT2D eigenvalue weighted by Crippen LogP contribution is 2.46. The Balaban J connectivity index is 2.20. The lowest BCUT2D eigenvalue weighted by molar-refractivity contribution is 0.469. The van der Waals surface area contributed by atoms with Gasteiger partial charge < -0.3 is 0 Å². The van der Waals surface area contributed by atoms with Crippen LogP contribution in [0.2, 0.25) is 0 Å². The molecule has 0 saturated heterocycles. The van der Waals surface area contributed by atoms with Gasteiger partial charge in [0.15, 0.2) is 0 Å². The summed E-state index contributed by atoms with van der Waals surface area (Å²) in [5, 5.41) is -0.252. The van der Waals surface area contributed by atoms with Gasteiger partial charge in [-0.25, -0.2) is 4.98 Å². The van der Waals surface area contributed by atoms with E-state index in [4.69, 9.17) is 9.97 Å². The molecule has 5 aromatic rings. The second-order valence-electron chi connectivity index (χ2n) is 9.57. The van der Waals surface area contributed by atoms with E-state index in [9.17, 15) is 25.9 Å². The third kappa shape index (κ3) is 4.99. The van der Waals surface area contributed by atoms with Gasteiger partial charge in [-0.3, -0.25) is 14.1 Å². The van der Waals surface area contributed by atoms with Crippen molar-refractivity contribution >= 4 is 42.0 Å². The lowest BCUT2D eigenvalue weighted by Crippen LogP contribution is -2.13. The molecule has 5 rings (SSSR count). The van der Waals surface area contributed by atoms with Gasteiger partial charge in [-0.2, -0.15) is 16.8 Å². The zero-order valence-electron chi connectivity index (χ0n) is 22.0. The molecule has 2 aromatic heterocycles. The predicted octanol–water partition coefficient (Wildman–Crippen LogP) is 6.52. The summed E-state index contributed by atoms with van der Waals surface area (Å²) in [5.41, 5.74) is 3.90. The molecule has 0 unspecified atom stereocenters. The smallest absolute Gasteiger partial charge is 0.282 e. The molecule has 0 amide bonds. The molecule has 8 nitrogen and oxygen atoms in total. The monoisotopic (exact) mass is 576 g/mol. The Labute approximate surface area is 233 Å². The summed E-state index contributed by atoms with van der Waals surface area (Å²) in [7, 11) is -10.4. The first kappa shape index (κ1) is 27.9. The molecular formula is C30H28N2O6S2. The van der Waals surface area contributed by atoms with Crippen LogP contribution in [0.5, 0.6) is 0 Å². The first-order valence-corrected chi connectivity index (χ1v) is 15.8. The van der Waals surface area contributed by atoms with Crippen LogP contribution in [-0.2, 0) is 33.1 Å². The number of pyridine rings is 2. The summed E-state index contributed by atoms with van der Waals surface area (Å²) in [6.45, 7) is 3.98. The van der Waals surface area contributed by atoms with Crippen molar-refractivity contribution in [3.63, 3.8) is 0 Å². The topological polar surface area (TPSA) is 135 Å². The minimum Gasteiger partial charge on any atom is -0.282 e. The van der Waals surface area contributed by atoms with Gasteiger partial charge in [-0.15, -0.1) is 0 Å². The minimum atomic E-state index is -5.22. The number of aromatic nitrogens is 2. The lowest BCUT2D eigenvalue weighted by atomic mass is 9.88. The van der Waals surface area contributed by atoms with Crippen molar-refractivity contribution < 1.29 is 25.9 Å². The van der Waals surface area contributed by atoms with Crippen molar-refractivity contribution in [3.8, 4) is 22.3 Å². The van der Waals surface area contributed by atoms with Gasteiger partial charge in [0.25, 0.3) is 20.2 Å². The van der Waals surface area contributed by atoms with Gasteiger partial charge >= 0.3 is 0 Å². The summed E-state index contributed by atoms with van der Waals surface area (Å²) in [5.74, 6) is 0. The Kier molecular flexibility index (Phi) is 7.45. The van der Waals surface area contributed by atoms with Crippen LogP contribution in [0, 0.1) is 0 Å². The van der Waals surface area contributed by atoms with E-state index in [0.29, 0.717) is 40.9 Å². The van der Waals surface area contributed by atoms with E-state index >= 15 is 0 Å². The largest absolute Gasteiger partial charge is 0.296 e. The SMILES string of the molecule is CCCc1ccc2c(S(=O)(=O)O)c(S(=O)(=O)O)c3c(-c4ccccc4)c(-c4ccccc4)c(CCC)nc3c2n1. The van der Waals surface area contributed by atoms with Crippen LogP contribution in [0.4, 0.5) is 0 Å². The van der Waals surface area contributed by atoms with Gasteiger partial charge in [-0.05, 0) is 36.1 Å². The van der Waals surface area contributed by atoms with E-state index in [1.165, 1.54) is 6.07 Å². The van der Waals surface area contributed by atoms with Crippen molar-refractivity contribution in [2.75, 3.05) is 0 Å². The maximum absolute atomic E-state index is 13.1. The second kappa shape index (κ2) is 10.7. The fourth-order valence-corrected chi connectivity index (χ4v) is 7.46. The molecule has 2 N–H and O–H groups in total. The third-order valence-electron chi connectivity index (χ3n) is 6.76. The normalized spacial score (nSPS) is 12.3. The summed E-state index contributed by atoms with van der Waals surface area (Å²) in [4.78, 5) is 7.81. The quantitative estimate of drug-likeness (QED) is 0.158. The molecule has 10 heteroatoms. The highest BCUT2D eigenvalue weighted by molar-refractivity contribution is 7.89. The highest BCUT2D eigenvalue weighted by atomic mass is 32.2. The molecule has 206 valence electrons. The van der Waals surface area contributed by atoms with Crippen LogP contribution in [0.25, 0.3) is 44.1 Å². The first-order valence-electron chi connectivity index (χ1n) is 12.9. The first-order chi connectivity index (χ1) is 19.1. The molecule has 40 heavy (non-hydrogen) atoms. The molecule has 0 atom stereocenters. The van der Waals surface area contributed by atoms with Gasteiger partial charge in [0, 0.05) is 33.3 Å². The van der Waals surface area contributed by atoms with E-state index < -0.39 is 30.0 Å². The molecule has 0 aliphatic heterocycles. The maximum Gasteiger partial charge on any atom is 0.296 e. The zero-order chi connectivity index (χ0) is 28.7. The van der Waals surface area contributed by atoms with E-state index in [1.54, 1.807) is 30.3 Å². The number of hydrogen-bond donors (Lipinski definition) is 2. The Bertz CT molecular complexity index is 1960. The van der Waals surface area contributed by atoms with Gasteiger partial charge in [-0.1, -0.05) is 87.4 Å². The number of benzene rings is 3. The van der Waals surface area contributed by atoms with Crippen LogP contribution in [-0.4, -0.2) is 35.9 Å². The van der Waals surface area contributed by atoms with Gasteiger partial charge in [0.2, 0.25) is 0 Å². The third-order valence-corrected chi connectivity index (χ3v) is 8.75. The number of hydrogen-bond acceptors (Lipinski definition) is 6. The van der Waals surface area contributed by atoms with Crippen LogP contribution in [0.3, 0.4) is 0 Å². The molecule has 2 heterocycles. The van der Waals surface area contributed by atoms with Crippen molar-refractivity contribution in [2.24, 2.45) is 0 Å². The van der Waals surface area contributed by atoms with Gasteiger partial charge in [0.05, 0.1) is 11.0 Å². The predicted molar refractivity (Wildman–Crippen MR) is 156 cm³/mol. The molecule has 0 bridgehead atoms. The Hall–Kier alpha value is -3.70. The number of fused-ring (bicyclic) bond motifs is 3. The molecule has 0 radical (unpaired) electrons. The Morgan fingerprint density at radius 1 is 0.625 bits per heavy atom. The molecule has 0 aliphatic carbocycles. The summed E-state index contributed by atoms with van der Waals surface area (Å²) in [6.07, 6.45) is 2.63. The Morgan fingerprint density at radius 3 is 1.70 bits per heavy atom. The summed E-state index contributed by atoms with van der Waals surface area (Å²) >= 11 is 0. The summed E-state index contributed by atoms with van der Waals surface area (Å²) < 4.78 is 72.9. The van der Waals surface area contributed by atoms with E-state index in [1.807, 2.05) is 50.2 Å². The van der Waals surface area contributed by atoms with E-state index in [2.05, 4.69) is 0 Å². The lowest BCUT2D eigenvalue weighted by Gasteiger charge is -2.22. The average molecular weight is 577 g/mol. The molecule has 0 spiro atoms. The number of nitrogens with zero attached hydrogens (tertiary/aromatic N) is 2. The van der Waals surface area contributed by atoms with Crippen molar-refractivity contribution in [1.82, 2.24) is 9.97 Å². The van der Waals surface area contributed by atoms with Crippen LogP contribution in [0.1, 0.15) is 38.1 Å². The molecular weight excluding hydrogens is 548 g/mol. The fourth-order valence-electron chi connectivity index (χ4n) is 5.25. The molecule has 0 aliphatic rings. The van der Waals surface area contributed by atoms with Crippen molar-refractivity contribution in [2.45, 2.75) is 49.3 Å². The molecule has 0 saturated carbocycles. The number of rotatable bonds is 8. The molecule has 3 aromatic carbocycles. The van der Waals surface area contributed by atoms with Crippen LogP contribution >= 0.6 is 0 Å². The van der Waals surface area contributed by atoms with E-state index in [0.717, 1.165) is 18.4 Å². The van der Waals surface area contributed by atoms with E-state index in [-0.39, 0.29) is 21.8 Å². The fraction of sp³-hybridized carbons (Fsp3) is 0.200. The van der Waals surface area contributed by atoms with Crippen LogP contribution < -0.4 is 0 Å². The van der Waals surface area contributed by atoms with Crippen molar-refractivity contribution in [3.05, 3.63) is 84.2 Å². The zero-order valence-corrected chi connectivity index (χ0v) is 23.6. The van der Waals surface area contributed by atoms with Crippen LogP contribution in [0.15, 0.2) is 82.6 Å². The highest BCUT2D eigenvalue weighted by Gasteiger charge is 2.34. The standard InChI is InChI=1S/C30H28N2O6S2/c1-3-11-21-17-18-22-27(31-21)28-26(30(40(36,37)38)29(22)39(33,34)35)25(20-15-9-6-10-16-20)24(23(32-28)12-4-2)19-13-7-5-8-14-19/h5-10,13-18H,3-4,11-12H2,1-2H3,(H,33,34,35)(H,36,37,38). The Morgan fingerprint density at radius 2 is 1.18 bits per heavy atom. The average Bonchev–Trinajstić information content (AvgIpc) is 2.92. The minimum absolute atomic E-state index is 0.117. The molecule has 0 fully saturated rings. The van der Waals surface area contributed by atoms with Crippen molar-refractivity contribution in [1.29, 1.82) is 0 Å². The maximum atomic E-state index is 13.1. The van der Waals surface area contributed by atoms with Gasteiger partial charge in [0.1, 0.15) is 9.79 Å². The second-order valence-corrected chi connectivity index (χ2v) is 12.3.